The van der Waals surface area contributed by atoms with Crippen LogP contribution in [0, 0.1) is 0 Å². The SMILES string of the molecule is CCC(CC)=NNc1ccccc1.c1ccsc1. The van der Waals surface area contributed by atoms with Crippen molar-refractivity contribution in [2.75, 3.05) is 5.43 Å². The summed E-state index contributed by atoms with van der Waals surface area (Å²) in [6.45, 7) is 4.24. The first kappa shape index (κ1) is 14.5. The van der Waals surface area contributed by atoms with Gasteiger partial charge < -0.3 is 0 Å². The van der Waals surface area contributed by atoms with E-state index in [0.717, 1.165) is 18.5 Å². The van der Waals surface area contributed by atoms with E-state index < -0.39 is 0 Å². The molecule has 18 heavy (non-hydrogen) atoms. The third kappa shape index (κ3) is 6.21. The molecule has 0 amide bonds. The zero-order valence-electron chi connectivity index (χ0n) is 11.0. The van der Waals surface area contributed by atoms with Crippen molar-refractivity contribution in [3.05, 3.63) is 53.2 Å². The summed E-state index contributed by atoms with van der Waals surface area (Å²) in [6.07, 6.45) is 2.02. The Morgan fingerprint density at radius 1 is 1.00 bits per heavy atom. The van der Waals surface area contributed by atoms with Crippen LogP contribution in [0.5, 0.6) is 0 Å². The van der Waals surface area contributed by atoms with Gasteiger partial charge in [-0.2, -0.15) is 16.4 Å². The molecule has 0 bridgehead atoms. The maximum absolute atomic E-state index is 4.30. The summed E-state index contributed by atoms with van der Waals surface area (Å²) in [5.74, 6) is 0. The zero-order chi connectivity index (χ0) is 13.1. The van der Waals surface area contributed by atoms with Crippen molar-refractivity contribution < 1.29 is 0 Å². The Morgan fingerprint density at radius 3 is 2.06 bits per heavy atom. The number of nitrogens with zero attached hydrogens (tertiary/aromatic N) is 1. The Hall–Kier alpha value is -1.61. The lowest BCUT2D eigenvalue weighted by atomic mass is 10.2. The second-order valence-corrected chi connectivity index (χ2v) is 4.47. The van der Waals surface area contributed by atoms with Crippen LogP contribution in [0.3, 0.4) is 0 Å². The molecule has 3 heteroatoms. The van der Waals surface area contributed by atoms with Gasteiger partial charge in [0.15, 0.2) is 0 Å². The quantitative estimate of drug-likeness (QED) is 0.605. The number of hydrogen-bond donors (Lipinski definition) is 1. The Morgan fingerprint density at radius 2 is 1.61 bits per heavy atom. The van der Waals surface area contributed by atoms with Gasteiger partial charge in [0.05, 0.1) is 5.69 Å². The summed E-state index contributed by atoms with van der Waals surface area (Å²) >= 11 is 1.71. The number of nitrogens with one attached hydrogen (secondary N) is 1. The predicted octanol–water partition coefficient (Wildman–Crippen LogP) is 5.02. The van der Waals surface area contributed by atoms with Gasteiger partial charge in [0, 0.05) is 5.71 Å². The molecule has 96 valence electrons. The van der Waals surface area contributed by atoms with Crippen molar-refractivity contribution in [2.45, 2.75) is 26.7 Å². The van der Waals surface area contributed by atoms with Crippen molar-refractivity contribution >= 4 is 22.7 Å². The molecule has 0 fully saturated rings. The minimum atomic E-state index is 1.01. The first-order valence-electron chi connectivity index (χ1n) is 6.20. The average molecular weight is 260 g/mol. The molecule has 0 aliphatic rings. The Labute approximate surface area is 113 Å². The molecule has 0 aliphatic heterocycles. The number of rotatable bonds is 4. The van der Waals surface area contributed by atoms with Crippen molar-refractivity contribution in [1.29, 1.82) is 0 Å². The maximum atomic E-state index is 4.30. The molecule has 1 heterocycles. The summed E-state index contributed by atoms with van der Waals surface area (Å²) in [6, 6.07) is 14.0. The van der Waals surface area contributed by atoms with Crippen LogP contribution in [-0.2, 0) is 0 Å². The maximum Gasteiger partial charge on any atom is 0.0561 e. The van der Waals surface area contributed by atoms with Crippen molar-refractivity contribution in [1.82, 2.24) is 0 Å². The average Bonchev–Trinajstić information content (AvgIpc) is 3.00. The van der Waals surface area contributed by atoms with Gasteiger partial charge in [0.1, 0.15) is 0 Å². The summed E-state index contributed by atoms with van der Waals surface area (Å²) in [4.78, 5) is 0. The predicted molar refractivity (Wildman–Crippen MR) is 82.4 cm³/mol. The summed E-state index contributed by atoms with van der Waals surface area (Å²) in [7, 11) is 0. The van der Waals surface area contributed by atoms with Gasteiger partial charge in [-0.15, -0.1) is 0 Å². The second-order valence-electron chi connectivity index (χ2n) is 3.66. The van der Waals surface area contributed by atoms with Crippen LogP contribution in [0.25, 0.3) is 0 Å². The molecule has 1 aromatic carbocycles. The minimum absolute atomic E-state index is 1.01. The van der Waals surface area contributed by atoms with E-state index in [1.807, 2.05) is 53.2 Å². The topological polar surface area (TPSA) is 24.4 Å². The third-order valence-corrected chi connectivity index (χ3v) is 2.99. The van der Waals surface area contributed by atoms with Crippen molar-refractivity contribution in [2.24, 2.45) is 5.10 Å². The van der Waals surface area contributed by atoms with E-state index in [1.165, 1.54) is 5.71 Å². The number of anilines is 1. The van der Waals surface area contributed by atoms with Crippen molar-refractivity contribution in [3.8, 4) is 0 Å². The molecule has 0 radical (unpaired) electrons. The highest BCUT2D eigenvalue weighted by molar-refractivity contribution is 7.07. The Balaban J connectivity index is 0.000000269. The molecule has 0 aliphatic carbocycles. The monoisotopic (exact) mass is 260 g/mol. The molecule has 0 saturated heterocycles. The molecular formula is C15H20N2S. The summed E-state index contributed by atoms with van der Waals surface area (Å²) in [5, 5.41) is 8.38. The van der Waals surface area contributed by atoms with E-state index >= 15 is 0 Å². The lowest BCUT2D eigenvalue weighted by molar-refractivity contribution is 1.12. The minimum Gasteiger partial charge on any atom is -0.279 e. The van der Waals surface area contributed by atoms with E-state index in [4.69, 9.17) is 0 Å². The first-order valence-corrected chi connectivity index (χ1v) is 7.14. The van der Waals surface area contributed by atoms with E-state index in [0.29, 0.717) is 0 Å². The normalized spacial score (nSPS) is 9.00. The molecule has 1 N–H and O–H groups in total. The van der Waals surface area contributed by atoms with Gasteiger partial charge in [-0.05, 0) is 35.7 Å². The van der Waals surface area contributed by atoms with E-state index in [-0.39, 0.29) is 0 Å². The Bertz CT molecular complexity index is 398. The molecule has 2 nitrogen and oxygen atoms in total. The lowest BCUT2D eigenvalue weighted by Gasteiger charge is -2.02. The van der Waals surface area contributed by atoms with Gasteiger partial charge in [0.25, 0.3) is 0 Å². The van der Waals surface area contributed by atoms with Gasteiger partial charge in [-0.25, -0.2) is 0 Å². The third-order valence-electron chi connectivity index (χ3n) is 2.36. The highest BCUT2D eigenvalue weighted by Gasteiger charge is 1.91. The summed E-state index contributed by atoms with van der Waals surface area (Å²) in [5.41, 5.74) is 5.28. The van der Waals surface area contributed by atoms with Crippen LogP contribution in [0.2, 0.25) is 0 Å². The lowest BCUT2D eigenvalue weighted by Crippen LogP contribution is -1.98. The Kier molecular flexibility index (Phi) is 7.57. The standard InChI is InChI=1S/C11H16N2.C4H4S/c1-3-10(4-2)12-13-11-8-6-5-7-9-11;1-2-4-5-3-1/h5-9,13H,3-4H2,1-2H3;1-4H. The van der Waals surface area contributed by atoms with Crippen LogP contribution >= 0.6 is 11.3 Å². The number of thiophene rings is 1. The smallest absolute Gasteiger partial charge is 0.0561 e. The molecule has 2 rings (SSSR count). The number of hydrogen-bond acceptors (Lipinski definition) is 3. The molecule has 2 aromatic rings. The zero-order valence-corrected chi connectivity index (χ0v) is 11.8. The van der Waals surface area contributed by atoms with Crippen LogP contribution in [0.4, 0.5) is 5.69 Å². The van der Waals surface area contributed by atoms with E-state index in [9.17, 15) is 0 Å². The fourth-order valence-electron chi connectivity index (χ4n) is 1.29. The van der Waals surface area contributed by atoms with E-state index in [1.54, 1.807) is 11.3 Å². The van der Waals surface area contributed by atoms with E-state index in [2.05, 4.69) is 24.4 Å². The highest BCUT2D eigenvalue weighted by Crippen LogP contribution is 2.05. The number of benzene rings is 1. The number of hydrazone groups is 1. The van der Waals surface area contributed by atoms with Crippen LogP contribution in [0.15, 0.2) is 58.3 Å². The van der Waals surface area contributed by atoms with Gasteiger partial charge in [-0.1, -0.05) is 44.2 Å². The van der Waals surface area contributed by atoms with Crippen LogP contribution in [-0.4, -0.2) is 5.71 Å². The summed E-state index contributed by atoms with van der Waals surface area (Å²) < 4.78 is 0. The molecule has 0 spiro atoms. The second kappa shape index (κ2) is 9.42. The first-order chi connectivity index (χ1) is 8.86. The fourth-order valence-corrected chi connectivity index (χ4v) is 1.74. The number of para-hydroxylation sites is 1. The van der Waals surface area contributed by atoms with Crippen LogP contribution in [0.1, 0.15) is 26.7 Å². The van der Waals surface area contributed by atoms with Gasteiger partial charge in [-0.3, -0.25) is 5.43 Å². The fraction of sp³-hybridized carbons (Fsp3) is 0.267. The van der Waals surface area contributed by atoms with Crippen molar-refractivity contribution in [3.63, 3.8) is 0 Å². The molecule has 0 saturated carbocycles. The largest absolute Gasteiger partial charge is 0.279 e. The van der Waals surface area contributed by atoms with Gasteiger partial charge >= 0.3 is 0 Å². The van der Waals surface area contributed by atoms with Crippen LogP contribution < -0.4 is 5.43 Å². The molecule has 1 aromatic heterocycles. The molecular weight excluding hydrogens is 240 g/mol. The van der Waals surface area contributed by atoms with Gasteiger partial charge in [0.2, 0.25) is 0 Å². The highest BCUT2D eigenvalue weighted by atomic mass is 32.1. The molecule has 0 unspecified atom stereocenters. The molecule has 0 atom stereocenters.